The lowest BCUT2D eigenvalue weighted by Gasteiger charge is -2.14. The first-order valence-electron chi connectivity index (χ1n) is 12.6. The third-order valence-corrected chi connectivity index (χ3v) is 7.73. The summed E-state index contributed by atoms with van der Waals surface area (Å²) in [6.45, 7) is 0. The van der Waals surface area contributed by atoms with E-state index in [-0.39, 0.29) is 26.5 Å². The Morgan fingerprint density at radius 2 is 1.48 bits per heavy atom. The number of benzene rings is 4. The van der Waals surface area contributed by atoms with Crippen molar-refractivity contribution in [1.82, 2.24) is 5.32 Å². The molecule has 0 atom stereocenters. The topological polar surface area (TPSA) is 87.3 Å². The van der Waals surface area contributed by atoms with Gasteiger partial charge in [-0.1, -0.05) is 65.1 Å². The molecule has 0 saturated carbocycles. The Kier molecular flexibility index (Phi) is 11.0. The second-order valence-corrected chi connectivity index (χ2v) is 11.3. The summed E-state index contributed by atoms with van der Waals surface area (Å²) >= 11 is 19.3. The van der Waals surface area contributed by atoms with Gasteiger partial charge in [-0.15, -0.1) is 11.8 Å². The predicted molar refractivity (Wildman–Crippen MR) is 169 cm³/mol. The summed E-state index contributed by atoms with van der Waals surface area (Å²) in [5, 5.41) is 7.96. The number of carbonyl (C=O) groups excluding carboxylic acids is 3. The van der Waals surface area contributed by atoms with Gasteiger partial charge in [-0.3, -0.25) is 14.4 Å². The Bertz CT molecular complexity index is 1710. The highest BCUT2D eigenvalue weighted by Crippen LogP contribution is 2.36. The molecule has 0 aromatic heterocycles. The zero-order valence-corrected chi connectivity index (χ0v) is 25.4. The van der Waals surface area contributed by atoms with Crippen molar-refractivity contribution < 1.29 is 27.6 Å². The highest BCUT2D eigenvalue weighted by molar-refractivity contribution is 8.00. The van der Waals surface area contributed by atoms with Crippen molar-refractivity contribution in [3.63, 3.8) is 0 Å². The third-order valence-electron chi connectivity index (χ3n) is 5.84. The van der Waals surface area contributed by atoms with E-state index in [0.29, 0.717) is 21.7 Å². The van der Waals surface area contributed by atoms with E-state index in [1.807, 2.05) is 0 Å². The average molecular weight is 679 g/mol. The minimum absolute atomic E-state index is 0.115. The van der Waals surface area contributed by atoms with Gasteiger partial charge in [0.25, 0.3) is 11.8 Å². The van der Waals surface area contributed by atoms with Gasteiger partial charge in [0.2, 0.25) is 5.91 Å². The van der Waals surface area contributed by atoms with Crippen LogP contribution in [0.5, 0.6) is 0 Å². The van der Waals surface area contributed by atoms with Gasteiger partial charge in [0, 0.05) is 36.8 Å². The predicted octanol–water partition coefficient (Wildman–Crippen LogP) is 8.81. The SMILES string of the molecule is O=C(CSc1cccc(NC(=O)/C(=C\c2c(Cl)cccc2Cl)NC(=O)c2ccccc2)c1)Nc1ccc(Cl)cc1C(F)(F)F. The number of halogens is 6. The average Bonchev–Trinajstić information content (AvgIpc) is 2.98. The highest BCUT2D eigenvalue weighted by Gasteiger charge is 2.34. The van der Waals surface area contributed by atoms with E-state index in [1.165, 1.54) is 12.1 Å². The largest absolute Gasteiger partial charge is 0.418 e. The Labute approximate surface area is 269 Å². The highest BCUT2D eigenvalue weighted by atomic mass is 35.5. The Balaban J connectivity index is 1.48. The number of carbonyl (C=O) groups is 3. The molecule has 4 rings (SSSR count). The molecule has 44 heavy (non-hydrogen) atoms. The standard InChI is InChI=1S/C31H21Cl3F3N3O3S/c32-19-12-13-26(23(14-19)31(35,36)37)39-28(41)17-44-21-9-4-8-20(15-21)38-30(43)27(16-22-24(33)10-5-11-25(22)34)40-29(42)18-6-2-1-3-7-18/h1-16H,17H2,(H,38,43)(H,39,41)(H,40,42)/b27-16+. The van der Waals surface area contributed by atoms with E-state index >= 15 is 0 Å². The number of nitrogens with one attached hydrogen (secondary N) is 3. The van der Waals surface area contributed by atoms with Crippen LogP contribution in [-0.2, 0) is 15.8 Å². The van der Waals surface area contributed by atoms with Gasteiger partial charge >= 0.3 is 6.18 Å². The van der Waals surface area contributed by atoms with Crippen LogP contribution in [0.4, 0.5) is 24.5 Å². The molecule has 3 amide bonds. The van der Waals surface area contributed by atoms with Crippen LogP contribution in [0.1, 0.15) is 21.5 Å². The van der Waals surface area contributed by atoms with E-state index < -0.39 is 35.1 Å². The van der Waals surface area contributed by atoms with Crippen molar-refractivity contribution in [3.8, 4) is 0 Å². The molecule has 0 radical (unpaired) electrons. The van der Waals surface area contributed by atoms with Gasteiger partial charge in [0.05, 0.1) is 17.0 Å². The van der Waals surface area contributed by atoms with Crippen molar-refractivity contribution in [2.45, 2.75) is 11.1 Å². The van der Waals surface area contributed by atoms with Crippen LogP contribution >= 0.6 is 46.6 Å². The van der Waals surface area contributed by atoms with Crippen molar-refractivity contribution in [2.24, 2.45) is 0 Å². The summed E-state index contributed by atoms with van der Waals surface area (Å²) in [4.78, 5) is 39.3. The van der Waals surface area contributed by atoms with Gasteiger partial charge in [-0.05, 0) is 66.7 Å². The van der Waals surface area contributed by atoms with Gasteiger partial charge < -0.3 is 16.0 Å². The number of hydrogen-bond donors (Lipinski definition) is 3. The summed E-state index contributed by atoms with van der Waals surface area (Å²) in [5.41, 5.74) is -0.663. The normalized spacial score (nSPS) is 11.5. The maximum absolute atomic E-state index is 13.4. The molecule has 0 bridgehead atoms. The van der Waals surface area contributed by atoms with Crippen LogP contribution in [0.25, 0.3) is 6.08 Å². The van der Waals surface area contributed by atoms with Crippen LogP contribution in [0, 0.1) is 0 Å². The summed E-state index contributed by atoms with van der Waals surface area (Å²) < 4.78 is 40.1. The van der Waals surface area contributed by atoms with Crippen LogP contribution in [0.3, 0.4) is 0 Å². The zero-order chi connectivity index (χ0) is 31.9. The second kappa shape index (κ2) is 14.7. The second-order valence-electron chi connectivity index (χ2n) is 9.02. The number of amides is 3. The van der Waals surface area contributed by atoms with Crippen molar-refractivity contribution in [2.75, 3.05) is 16.4 Å². The van der Waals surface area contributed by atoms with Crippen LogP contribution in [0.15, 0.2) is 102 Å². The maximum Gasteiger partial charge on any atom is 0.418 e. The molecule has 226 valence electrons. The van der Waals surface area contributed by atoms with Gasteiger partial charge in [0.15, 0.2) is 0 Å². The molecule has 13 heteroatoms. The molecule has 6 nitrogen and oxygen atoms in total. The molecular formula is C31H21Cl3F3N3O3S. The lowest BCUT2D eigenvalue weighted by Crippen LogP contribution is -2.30. The van der Waals surface area contributed by atoms with E-state index in [1.54, 1.807) is 72.8 Å². The molecule has 0 fully saturated rings. The molecule has 0 aliphatic rings. The molecule has 0 unspecified atom stereocenters. The fraction of sp³-hybridized carbons (Fsp3) is 0.0645. The van der Waals surface area contributed by atoms with E-state index in [4.69, 9.17) is 34.8 Å². The minimum atomic E-state index is -4.71. The molecule has 4 aromatic rings. The molecule has 0 aliphatic heterocycles. The Hall–Kier alpha value is -3.96. The molecule has 0 saturated heterocycles. The van der Waals surface area contributed by atoms with Crippen molar-refractivity contribution in [1.29, 1.82) is 0 Å². The fourth-order valence-corrected chi connectivity index (χ4v) is 5.23. The minimum Gasteiger partial charge on any atom is -0.325 e. The number of hydrogen-bond acceptors (Lipinski definition) is 4. The maximum atomic E-state index is 13.4. The summed E-state index contributed by atoms with van der Waals surface area (Å²) in [6.07, 6.45) is -3.35. The lowest BCUT2D eigenvalue weighted by atomic mass is 10.1. The summed E-state index contributed by atoms with van der Waals surface area (Å²) in [5.74, 6) is -2.13. The van der Waals surface area contributed by atoms with Gasteiger partial charge in [0.1, 0.15) is 5.70 Å². The number of thioether (sulfide) groups is 1. The summed E-state index contributed by atoms with van der Waals surface area (Å²) in [6, 6.07) is 22.6. The monoisotopic (exact) mass is 677 g/mol. The smallest absolute Gasteiger partial charge is 0.325 e. The third kappa shape index (κ3) is 9.03. The number of rotatable bonds is 9. The van der Waals surface area contributed by atoms with E-state index in [0.717, 1.165) is 23.9 Å². The first-order chi connectivity index (χ1) is 20.9. The number of alkyl halides is 3. The van der Waals surface area contributed by atoms with Crippen LogP contribution in [-0.4, -0.2) is 23.5 Å². The van der Waals surface area contributed by atoms with Gasteiger partial charge in [-0.25, -0.2) is 0 Å². The van der Waals surface area contributed by atoms with Crippen LogP contribution in [0.2, 0.25) is 15.1 Å². The molecular weight excluding hydrogens is 658 g/mol. The molecule has 0 heterocycles. The molecule has 4 aromatic carbocycles. The first kappa shape index (κ1) is 32.9. The van der Waals surface area contributed by atoms with E-state index in [2.05, 4.69) is 16.0 Å². The fourth-order valence-electron chi connectivity index (χ4n) is 3.79. The zero-order valence-electron chi connectivity index (χ0n) is 22.3. The molecule has 3 N–H and O–H groups in total. The lowest BCUT2D eigenvalue weighted by molar-refractivity contribution is -0.137. The van der Waals surface area contributed by atoms with Crippen LogP contribution < -0.4 is 16.0 Å². The van der Waals surface area contributed by atoms with Crippen molar-refractivity contribution >= 4 is 81.7 Å². The summed E-state index contributed by atoms with van der Waals surface area (Å²) in [7, 11) is 0. The molecule has 0 spiro atoms. The van der Waals surface area contributed by atoms with Crippen molar-refractivity contribution in [3.05, 3.63) is 128 Å². The van der Waals surface area contributed by atoms with Gasteiger partial charge in [-0.2, -0.15) is 13.2 Å². The molecule has 0 aliphatic carbocycles. The van der Waals surface area contributed by atoms with E-state index in [9.17, 15) is 27.6 Å². The number of anilines is 2. The Morgan fingerprint density at radius 3 is 2.16 bits per heavy atom. The quantitative estimate of drug-likeness (QED) is 0.122. The first-order valence-corrected chi connectivity index (χ1v) is 14.8. The Morgan fingerprint density at radius 1 is 0.795 bits per heavy atom.